The molecular formula is C15H20N6O2S. The maximum Gasteiger partial charge on any atom is 0.213 e. The molecular weight excluding hydrogens is 328 g/mol. The first-order valence-corrected chi connectivity index (χ1v) is 9.77. The summed E-state index contributed by atoms with van der Waals surface area (Å²) in [4.78, 5) is 7.42. The second-order valence-corrected chi connectivity index (χ2v) is 8.61. The van der Waals surface area contributed by atoms with Gasteiger partial charge in [-0.2, -0.15) is 0 Å². The third kappa shape index (κ3) is 2.30. The van der Waals surface area contributed by atoms with Crippen LogP contribution in [0.1, 0.15) is 32.0 Å². The number of aromatic amines is 1. The van der Waals surface area contributed by atoms with Crippen molar-refractivity contribution in [1.82, 2.24) is 28.9 Å². The van der Waals surface area contributed by atoms with Crippen LogP contribution < -0.4 is 0 Å². The summed E-state index contributed by atoms with van der Waals surface area (Å²) < 4.78 is 28.1. The average molecular weight is 348 g/mol. The quantitative estimate of drug-likeness (QED) is 0.771. The molecule has 1 aliphatic heterocycles. The van der Waals surface area contributed by atoms with Gasteiger partial charge in [0.05, 0.1) is 17.5 Å². The van der Waals surface area contributed by atoms with Crippen molar-refractivity contribution in [3.05, 3.63) is 24.3 Å². The highest BCUT2D eigenvalue weighted by molar-refractivity contribution is 7.89. The molecule has 4 rings (SSSR count). The van der Waals surface area contributed by atoms with E-state index in [1.807, 2.05) is 16.7 Å². The number of nitrogens with one attached hydrogen (secondary N) is 1. The van der Waals surface area contributed by atoms with Crippen molar-refractivity contribution in [1.29, 1.82) is 0 Å². The number of sulfonamides is 1. The van der Waals surface area contributed by atoms with Gasteiger partial charge in [0.2, 0.25) is 10.0 Å². The zero-order valence-electron chi connectivity index (χ0n) is 13.7. The molecule has 0 aromatic carbocycles. The molecule has 2 unspecified atom stereocenters. The summed E-state index contributed by atoms with van der Waals surface area (Å²) in [5.41, 5.74) is 2.36. The zero-order valence-corrected chi connectivity index (χ0v) is 14.5. The third-order valence-electron chi connectivity index (χ3n) is 4.98. The number of nitrogens with zero attached hydrogens (tertiary/aromatic N) is 5. The van der Waals surface area contributed by atoms with Gasteiger partial charge in [-0.3, -0.25) is 4.40 Å². The Labute approximate surface area is 140 Å². The van der Waals surface area contributed by atoms with E-state index in [0.29, 0.717) is 24.7 Å². The second kappa shape index (κ2) is 5.52. The minimum atomic E-state index is -3.20. The Kier molecular flexibility index (Phi) is 3.57. The van der Waals surface area contributed by atoms with Crippen LogP contribution in [0.25, 0.3) is 16.8 Å². The number of aromatic nitrogens is 5. The molecule has 0 aliphatic carbocycles. The number of fused-ring (bicyclic) bond motifs is 3. The smallest absolute Gasteiger partial charge is 0.213 e. The van der Waals surface area contributed by atoms with Crippen molar-refractivity contribution >= 4 is 26.8 Å². The van der Waals surface area contributed by atoms with E-state index in [-0.39, 0.29) is 11.7 Å². The summed E-state index contributed by atoms with van der Waals surface area (Å²) in [6, 6.07) is 1.94. The number of hydrogen-bond donors (Lipinski definition) is 1. The molecule has 1 aliphatic rings. The number of H-pyrrole nitrogens is 1. The molecule has 128 valence electrons. The third-order valence-corrected chi connectivity index (χ3v) is 6.83. The first-order chi connectivity index (χ1) is 11.5. The Morgan fingerprint density at radius 1 is 1.38 bits per heavy atom. The van der Waals surface area contributed by atoms with E-state index in [1.54, 1.807) is 17.4 Å². The highest BCUT2D eigenvalue weighted by Gasteiger charge is 2.35. The van der Waals surface area contributed by atoms with Gasteiger partial charge in [0.15, 0.2) is 11.3 Å². The SMILES string of the molecule is CCS(=O)(=O)N1CCC(C)C(c2nnc3cnc4[nH]ccc4n23)C1. The van der Waals surface area contributed by atoms with Crippen LogP contribution in [0.5, 0.6) is 0 Å². The minimum Gasteiger partial charge on any atom is -0.345 e. The molecule has 0 bridgehead atoms. The lowest BCUT2D eigenvalue weighted by Crippen LogP contribution is -2.43. The van der Waals surface area contributed by atoms with Crippen LogP contribution in [0.15, 0.2) is 18.5 Å². The molecule has 0 amide bonds. The molecule has 0 spiro atoms. The maximum atomic E-state index is 12.3. The van der Waals surface area contributed by atoms with Gasteiger partial charge in [0, 0.05) is 25.2 Å². The molecule has 4 heterocycles. The lowest BCUT2D eigenvalue weighted by Gasteiger charge is -2.35. The molecule has 3 aromatic rings. The van der Waals surface area contributed by atoms with Gasteiger partial charge >= 0.3 is 0 Å². The molecule has 1 fully saturated rings. The van der Waals surface area contributed by atoms with Gasteiger partial charge < -0.3 is 4.98 Å². The molecule has 0 radical (unpaired) electrons. The van der Waals surface area contributed by atoms with E-state index in [4.69, 9.17) is 0 Å². The van der Waals surface area contributed by atoms with Crippen LogP contribution in [-0.2, 0) is 10.0 Å². The molecule has 3 aromatic heterocycles. The van der Waals surface area contributed by atoms with Crippen LogP contribution in [0.3, 0.4) is 0 Å². The fraction of sp³-hybridized carbons (Fsp3) is 0.533. The van der Waals surface area contributed by atoms with E-state index in [9.17, 15) is 8.42 Å². The van der Waals surface area contributed by atoms with Gasteiger partial charge in [0.1, 0.15) is 5.82 Å². The summed E-state index contributed by atoms with van der Waals surface area (Å²) >= 11 is 0. The molecule has 0 saturated carbocycles. The zero-order chi connectivity index (χ0) is 16.9. The Morgan fingerprint density at radius 3 is 3.00 bits per heavy atom. The Morgan fingerprint density at radius 2 is 2.21 bits per heavy atom. The number of rotatable bonds is 3. The van der Waals surface area contributed by atoms with Crippen molar-refractivity contribution in [3.8, 4) is 0 Å². The molecule has 9 heteroatoms. The predicted octanol–water partition coefficient (Wildman–Crippen LogP) is 1.38. The van der Waals surface area contributed by atoms with Gasteiger partial charge in [-0.25, -0.2) is 17.7 Å². The highest BCUT2D eigenvalue weighted by atomic mass is 32.2. The van der Waals surface area contributed by atoms with Gasteiger partial charge in [-0.05, 0) is 25.3 Å². The Hall–Kier alpha value is -2.00. The van der Waals surface area contributed by atoms with E-state index < -0.39 is 10.0 Å². The summed E-state index contributed by atoms with van der Waals surface area (Å²) in [7, 11) is -3.20. The van der Waals surface area contributed by atoms with Crippen molar-refractivity contribution in [3.63, 3.8) is 0 Å². The van der Waals surface area contributed by atoms with Crippen LogP contribution >= 0.6 is 0 Å². The topological polar surface area (TPSA) is 96.2 Å². The van der Waals surface area contributed by atoms with E-state index >= 15 is 0 Å². The number of piperidine rings is 1. The lowest BCUT2D eigenvalue weighted by molar-refractivity contribution is 0.244. The summed E-state index contributed by atoms with van der Waals surface area (Å²) in [5, 5.41) is 8.61. The van der Waals surface area contributed by atoms with Crippen LogP contribution in [0.4, 0.5) is 0 Å². The molecule has 8 nitrogen and oxygen atoms in total. The summed E-state index contributed by atoms with van der Waals surface area (Å²) in [5.74, 6) is 1.28. The number of hydrogen-bond acceptors (Lipinski definition) is 5. The first kappa shape index (κ1) is 15.5. The molecule has 2 atom stereocenters. The second-order valence-electron chi connectivity index (χ2n) is 6.35. The minimum absolute atomic E-state index is 0.00979. The predicted molar refractivity (Wildman–Crippen MR) is 90.2 cm³/mol. The summed E-state index contributed by atoms with van der Waals surface area (Å²) in [6.07, 6.45) is 4.34. The van der Waals surface area contributed by atoms with Gasteiger partial charge in [0.25, 0.3) is 0 Å². The van der Waals surface area contributed by atoms with E-state index in [2.05, 4.69) is 27.1 Å². The molecule has 24 heavy (non-hydrogen) atoms. The van der Waals surface area contributed by atoms with Crippen molar-refractivity contribution in [2.45, 2.75) is 26.2 Å². The van der Waals surface area contributed by atoms with Crippen molar-refractivity contribution in [2.24, 2.45) is 5.92 Å². The maximum absolute atomic E-state index is 12.3. The standard InChI is InChI=1S/C15H20N6O2S/c1-3-24(22,23)20-7-5-10(2)11(9-20)15-19-18-13-8-17-14-12(21(13)15)4-6-16-14/h4,6,8,10-11,16H,3,5,7,9H2,1-2H3. The van der Waals surface area contributed by atoms with E-state index in [0.717, 1.165) is 23.4 Å². The van der Waals surface area contributed by atoms with Crippen molar-refractivity contribution < 1.29 is 8.42 Å². The van der Waals surface area contributed by atoms with E-state index in [1.165, 1.54) is 0 Å². The van der Waals surface area contributed by atoms with Gasteiger partial charge in [-0.15, -0.1) is 10.2 Å². The molecule has 1 N–H and O–H groups in total. The van der Waals surface area contributed by atoms with Crippen LogP contribution in [0, 0.1) is 5.92 Å². The van der Waals surface area contributed by atoms with Gasteiger partial charge in [-0.1, -0.05) is 6.92 Å². The fourth-order valence-corrected chi connectivity index (χ4v) is 4.59. The highest BCUT2D eigenvalue weighted by Crippen LogP contribution is 2.33. The molecule has 1 saturated heterocycles. The summed E-state index contributed by atoms with van der Waals surface area (Å²) in [6.45, 7) is 4.86. The normalized spacial score (nSPS) is 23.2. The Bertz CT molecular complexity index is 992. The lowest BCUT2D eigenvalue weighted by atomic mass is 9.87. The van der Waals surface area contributed by atoms with Crippen molar-refractivity contribution in [2.75, 3.05) is 18.8 Å². The monoisotopic (exact) mass is 348 g/mol. The average Bonchev–Trinajstić information content (AvgIpc) is 3.20. The van der Waals surface area contributed by atoms with Crippen LogP contribution in [0.2, 0.25) is 0 Å². The first-order valence-electron chi connectivity index (χ1n) is 8.16. The Balaban J connectivity index is 1.82. The largest absolute Gasteiger partial charge is 0.345 e. The van der Waals surface area contributed by atoms with Crippen LogP contribution in [-0.4, -0.2) is 56.1 Å². The fourth-order valence-electron chi connectivity index (χ4n) is 3.45.